The molecule has 1 heterocycles. The van der Waals surface area contributed by atoms with Gasteiger partial charge in [-0.1, -0.05) is 30.3 Å². The maximum absolute atomic E-state index is 12.9. The van der Waals surface area contributed by atoms with Crippen LogP contribution in [0.25, 0.3) is 6.08 Å². The zero-order chi connectivity index (χ0) is 21.7. The van der Waals surface area contributed by atoms with Crippen LogP contribution in [0, 0.1) is 6.92 Å². The molecule has 0 saturated carbocycles. The average molecular weight is 408 g/mol. The lowest BCUT2D eigenvalue weighted by molar-refractivity contribution is -0.145. The summed E-state index contributed by atoms with van der Waals surface area (Å²) in [7, 11) is 0. The summed E-state index contributed by atoms with van der Waals surface area (Å²) in [5, 5.41) is 2.19. The summed E-state index contributed by atoms with van der Waals surface area (Å²) in [4.78, 5) is 49.7. The van der Waals surface area contributed by atoms with E-state index in [0.29, 0.717) is 17.0 Å². The van der Waals surface area contributed by atoms with Gasteiger partial charge in [0.15, 0.2) is 6.61 Å². The number of aryl methyl sites for hydroxylation is 1. The second kappa shape index (κ2) is 9.04. The molecule has 1 saturated heterocycles. The highest BCUT2D eigenvalue weighted by molar-refractivity contribution is 6.39. The molecule has 154 valence electrons. The lowest BCUT2D eigenvalue weighted by atomic mass is 10.1. The summed E-state index contributed by atoms with van der Waals surface area (Å²) in [6.07, 6.45) is 1.39. The van der Waals surface area contributed by atoms with Gasteiger partial charge in [0.05, 0.1) is 12.3 Å². The highest BCUT2D eigenvalue weighted by atomic mass is 16.6. The van der Waals surface area contributed by atoms with Gasteiger partial charge in [0, 0.05) is 0 Å². The first-order valence-electron chi connectivity index (χ1n) is 9.26. The van der Waals surface area contributed by atoms with Crippen LogP contribution in [-0.2, 0) is 19.1 Å². The Bertz CT molecular complexity index is 1030. The molecule has 4 amide bonds. The molecule has 0 radical (unpaired) electrons. The second-order valence-corrected chi connectivity index (χ2v) is 6.41. The van der Waals surface area contributed by atoms with Crippen molar-refractivity contribution in [2.24, 2.45) is 0 Å². The first-order chi connectivity index (χ1) is 14.4. The van der Waals surface area contributed by atoms with Crippen molar-refractivity contribution in [1.29, 1.82) is 0 Å². The smallest absolute Gasteiger partial charge is 0.344 e. The number of hydrogen-bond acceptors (Lipinski definition) is 6. The van der Waals surface area contributed by atoms with Gasteiger partial charge >= 0.3 is 12.0 Å². The lowest BCUT2D eigenvalue weighted by Crippen LogP contribution is -2.54. The minimum atomic E-state index is -0.792. The third kappa shape index (κ3) is 4.54. The SMILES string of the molecule is CCOC(=O)COc1ccc(/C=C2\C(=O)NC(=O)N(c3ccccc3C)C2=O)cc1. The number of carbonyl (C=O) groups excluding carboxylic acids is 4. The summed E-state index contributed by atoms with van der Waals surface area (Å²) in [5.41, 5.74) is 1.51. The fraction of sp³-hybridized carbons (Fsp3) is 0.182. The van der Waals surface area contributed by atoms with Crippen molar-refractivity contribution in [3.05, 3.63) is 65.2 Å². The molecule has 2 aromatic rings. The second-order valence-electron chi connectivity index (χ2n) is 6.41. The highest BCUT2D eigenvalue weighted by Gasteiger charge is 2.37. The van der Waals surface area contributed by atoms with Gasteiger partial charge in [-0.3, -0.25) is 14.9 Å². The molecule has 2 aromatic carbocycles. The minimum Gasteiger partial charge on any atom is -0.482 e. The normalized spacial score (nSPS) is 15.2. The zero-order valence-electron chi connectivity index (χ0n) is 16.5. The van der Waals surface area contributed by atoms with Crippen molar-refractivity contribution in [1.82, 2.24) is 5.32 Å². The molecule has 3 rings (SSSR count). The van der Waals surface area contributed by atoms with Crippen molar-refractivity contribution < 1.29 is 28.7 Å². The van der Waals surface area contributed by atoms with Crippen LogP contribution in [0.5, 0.6) is 5.75 Å². The lowest BCUT2D eigenvalue weighted by Gasteiger charge is -2.27. The molecule has 1 aliphatic rings. The number of benzene rings is 2. The molecule has 0 aromatic heterocycles. The van der Waals surface area contributed by atoms with E-state index in [1.54, 1.807) is 62.4 Å². The first-order valence-corrected chi connectivity index (χ1v) is 9.26. The number of carbonyl (C=O) groups is 4. The van der Waals surface area contributed by atoms with E-state index >= 15 is 0 Å². The van der Waals surface area contributed by atoms with Crippen LogP contribution in [0.2, 0.25) is 0 Å². The molecule has 0 unspecified atom stereocenters. The Morgan fingerprint density at radius 1 is 1.07 bits per heavy atom. The molecular formula is C22H20N2O6. The Morgan fingerprint density at radius 2 is 1.77 bits per heavy atom. The van der Waals surface area contributed by atoms with Gasteiger partial charge in [-0.15, -0.1) is 0 Å². The van der Waals surface area contributed by atoms with Gasteiger partial charge in [-0.25, -0.2) is 14.5 Å². The quantitative estimate of drug-likeness (QED) is 0.448. The molecule has 30 heavy (non-hydrogen) atoms. The Kier molecular flexibility index (Phi) is 6.26. The Morgan fingerprint density at radius 3 is 2.43 bits per heavy atom. The topological polar surface area (TPSA) is 102 Å². The number of urea groups is 1. The number of para-hydroxylation sites is 1. The van der Waals surface area contributed by atoms with Gasteiger partial charge in [-0.2, -0.15) is 0 Å². The van der Waals surface area contributed by atoms with E-state index in [0.717, 1.165) is 10.5 Å². The van der Waals surface area contributed by atoms with E-state index in [-0.39, 0.29) is 18.8 Å². The van der Waals surface area contributed by atoms with Crippen LogP contribution in [0.15, 0.2) is 54.1 Å². The molecule has 0 bridgehead atoms. The predicted octanol–water partition coefficient (Wildman–Crippen LogP) is 2.60. The molecular weight excluding hydrogens is 388 g/mol. The Labute approximate surface area is 173 Å². The fourth-order valence-electron chi connectivity index (χ4n) is 2.86. The third-order valence-electron chi connectivity index (χ3n) is 4.31. The number of rotatable bonds is 6. The van der Waals surface area contributed by atoms with Crippen LogP contribution in [0.3, 0.4) is 0 Å². The van der Waals surface area contributed by atoms with Crippen LogP contribution >= 0.6 is 0 Å². The zero-order valence-corrected chi connectivity index (χ0v) is 16.5. The van der Waals surface area contributed by atoms with Crippen molar-refractivity contribution in [3.8, 4) is 5.75 Å². The molecule has 0 aliphatic carbocycles. The van der Waals surface area contributed by atoms with E-state index in [9.17, 15) is 19.2 Å². The number of esters is 1. The fourth-order valence-corrected chi connectivity index (χ4v) is 2.86. The number of ether oxygens (including phenoxy) is 2. The number of nitrogens with zero attached hydrogens (tertiary/aromatic N) is 1. The first kappa shape index (κ1) is 20.8. The summed E-state index contributed by atoms with van der Waals surface area (Å²) < 4.78 is 10.1. The predicted molar refractivity (Wildman–Crippen MR) is 109 cm³/mol. The van der Waals surface area contributed by atoms with E-state index in [4.69, 9.17) is 9.47 Å². The van der Waals surface area contributed by atoms with E-state index in [1.165, 1.54) is 6.08 Å². The van der Waals surface area contributed by atoms with Crippen LogP contribution in [0.1, 0.15) is 18.1 Å². The van der Waals surface area contributed by atoms with Gasteiger partial charge in [-0.05, 0) is 49.2 Å². The van der Waals surface area contributed by atoms with Gasteiger partial charge in [0.25, 0.3) is 11.8 Å². The van der Waals surface area contributed by atoms with E-state index in [1.807, 2.05) is 0 Å². The van der Waals surface area contributed by atoms with Crippen LogP contribution in [0.4, 0.5) is 10.5 Å². The molecule has 1 fully saturated rings. The van der Waals surface area contributed by atoms with E-state index < -0.39 is 23.8 Å². The molecule has 0 atom stereocenters. The number of hydrogen-bond donors (Lipinski definition) is 1. The maximum Gasteiger partial charge on any atom is 0.344 e. The van der Waals surface area contributed by atoms with Crippen molar-refractivity contribution in [2.75, 3.05) is 18.1 Å². The number of anilines is 1. The number of nitrogens with one attached hydrogen (secondary N) is 1. The Balaban J connectivity index is 1.81. The van der Waals surface area contributed by atoms with Gasteiger partial charge < -0.3 is 9.47 Å². The molecule has 0 spiro atoms. The van der Waals surface area contributed by atoms with Gasteiger partial charge in [0.1, 0.15) is 11.3 Å². The minimum absolute atomic E-state index is 0.168. The number of barbiturate groups is 1. The summed E-state index contributed by atoms with van der Waals surface area (Å²) >= 11 is 0. The van der Waals surface area contributed by atoms with E-state index in [2.05, 4.69) is 5.32 Å². The largest absolute Gasteiger partial charge is 0.482 e. The number of amides is 4. The third-order valence-corrected chi connectivity index (χ3v) is 4.31. The van der Waals surface area contributed by atoms with Crippen molar-refractivity contribution >= 4 is 35.6 Å². The van der Waals surface area contributed by atoms with Crippen molar-refractivity contribution in [3.63, 3.8) is 0 Å². The standard InChI is InChI=1S/C22H20N2O6/c1-3-29-19(25)13-30-16-10-8-15(9-11-16)12-17-20(26)23-22(28)24(21(17)27)18-7-5-4-6-14(18)2/h4-12H,3,13H2,1-2H3,(H,23,26,28)/b17-12+. The summed E-state index contributed by atoms with van der Waals surface area (Å²) in [5.74, 6) is -1.52. The Hall–Kier alpha value is -3.94. The summed E-state index contributed by atoms with van der Waals surface area (Å²) in [6.45, 7) is 3.52. The molecule has 8 nitrogen and oxygen atoms in total. The van der Waals surface area contributed by atoms with Crippen LogP contribution < -0.4 is 15.0 Å². The molecule has 8 heteroatoms. The monoisotopic (exact) mass is 408 g/mol. The van der Waals surface area contributed by atoms with Gasteiger partial charge in [0.2, 0.25) is 0 Å². The van der Waals surface area contributed by atoms with Crippen LogP contribution in [-0.4, -0.2) is 37.0 Å². The molecule has 1 aliphatic heterocycles. The summed E-state index contributed by atoms with van der Waals surface area (Å²) in [6, 6.07) is 12.6. The molecule has 1 N–H and O–H groups in total. The number of imide groups is 2. The average Bonchev–Trinajstić information content (AvgIpc) is 2.72. The highest BCUT2D eigenvalue weighted by Crippen LogP contribution is 2.25. The maximum atomic E-state index is 12.9. The van der Waals surface area contributed by atoms with Crippen molar-refractivity contribution in [2.45, 2.75) is 13.8 Å².